The molecule has 3 heterocycles. The summed E-state index contributed by atoms with van der Waals surface area (Å²) in [6.45, 7) is 6.15. The summed E-state index contributed by atoms with van der Waals surface area (Å²) in [6, 6.07) is 2.26. The van der Waals surface area contributed by atoms with Gasteiger partial charge in [-0.2, -0.15) is 5.26 Å². The molecule has 2 N–H and O–H groups in total. The third-order valence-electron chi connectivity index (χ3n) is 4.27. The minimum atomic E-state index is 0.245. The maximum atomic E-state index is 11.6. The van der Waals surface area contributed by atoms with E-state index in [1.807, 2.05) is 24.2 Å². The van der Waals surface area contributed by atoms with E-state index in [0.29, 0.717) is 30.2 Å². The molecule has 8 heteroatoms. The topological polar surface area (TPSA) is 93.9 Å². The first-order chi connectivity index (χ1) is 12.6. The minimum Gasteiger partial charge on any atom is -0.354 e. The predicted octanol–water partition coefficient (Wildman–Crippen LogP) is 2.60. The largest absolute Gasteiger partial charge is 0.354 e. The van der Waals surface area contributed by atoms with Gasteiger partial charge < -0.3 is 15.5 Å². The molecule has 1 aromatic heterocycles. The van der Waals surface area contributed by atoms with E-state index in [-0.39, 0.29) is 5.91 Å². The zero-order valence-electron chi connectivity index (χ0n) is 15.0. The molecule has 0 spiro atoms. The molecule has 3 rings (SSSR count). The molecule has 7 nitrogen and oxygen atoms in total. The van der Waals surface area contributed by atoms with E-state index in [9.17, 15) is 10.1 Å². The van der Waals surface area contributed by atoms with Crippen molar-refractivity contribution in [3.05, 3.63) is 33.6 Å². The van der Waals surface area contributed by atoms with E-state index in [4.69, 9.17) is 0 Å². The first-order valence-corrected chi connectivity index (χ1v) is 9.57. The maximum Gasteiger partial charge on any atom is 0.223 e. The molecule has 0 radical (unpaired) electrons. The van der Waals surface area contributed by atoms with Crippen LogP contribution in [0.4, 0.5) is 5.95 Å². The molecule has 1 amide bonds. The highest BCUT2D eigenvalue weighted by Crippen LogP contribution is 2.31. The quantitative estimate of drug-likeness (QED) is 0.587. The van der Waals surface area contributed by atoms with E-state index in [2.05, 4.69) is 26.7 Å². The fourth-order valence-corrected chi connectivity index (χ4v) is 3.74. The Morgan fingerprint density at radius 3 is 3.00 bits per heavy atom. The van der Waals surface area contributed by atoms with Gasteiger partial charge >= 0.3 is 0 Å². The molecule has 1 aromatic rings. The Morgan fingerprint density at radius 1 is 1.50 bits per heavy atom. The Labute approximate surface area is 157 Å². The van der Waals surface area contributed by atoms with E-state index in [1.54, 1.807) is 6.20 Å². The molecule has 2 aliphatic rings. The number of amides is 1. The molecule has 0 saturated carbocycles. The molecule has 0 bridgehead atoms. The molecule has 0 unspecified atom stereocenters. The van der Waals surface area contributed by atoms with Crippen molar-refractivity contribution in [3.8, 4) is 6.07 Å². The van der Waals surface area contributed by atoms with Crippen molar-refractivity contribution >= 4 is 29.2 Å². The lowest BCUT2D eigenvalue weighted by atomic mass is 10.1. The average molecular weight is 370 g/mol. The fourth-order valence-electron chi connectivity index (χ4n) is 2.91. The van der Waals surface area contributed by atoms with Crippen LogP contribution in [0.25, 0.3) is 5.57 Å². The van der Waals surface area contributed by atoms with Gasteiger partial charge in [-0.25, -0.2) is 9.97 Å². The number of hydrogen-bond donors (Lipinski definition) is 2. The number of rotatable bonds is 6. The highest BCUT2D eigenvalue weighted by molar-refractivity contribution is 8.06. The van der Waals surface area contributed by atoms with Gasteiger partial charge in [-0.05, 0) is 37.7 Å². The lowest BCUT2D eigenvalue weighted by molar-refractivity contribution is -0.127. The molecule has 0 aliphatic carbocycles. The van der Waals surface area contributed by atoms with Gasteiger partial charge in [0.25, 0.3) is 0 Å². The van der Waals surface area contributed by atoms with Crippen LogP contribution in [0.2, 0.25) is 0 Å². The Kier molecular flexibility index (Phi) is 5.78. The number of nitriles is 1. The number of aryl methyl sites for hydroxylation is 1. The Bertz CT molecular complexity index is 810. The monoisotopic (exact) mass is 370 g/mol. The van der Waals surface area contributed by atoms with E-state index >= 15 is 0 Å². The summed E-state index contributed by atoms with van der Waals surface area (Å²) in [7, 11) is 0. The van der Waals surface area contributed by atoms with Crippen molar-refractivity contribution in [3.63, 3.8) is 0 Å². The molecule has 0 aromatic carbocycles. The number of nitrogens with one attached hydrogen (secondary N) is 2. The molecule has 136 valence electrons. The highest BCUT2D eigenvalue weighted by Gasteiger charge is 2.20. The van der Waals surface area contributed by atoms with Gasteiger partial charge in [0.05, 0.1) is 10.7 Å². The Morgan fingerprint density at radius 2 is 2.35 bits per heavy atom. The summed E-state index contributed by atoms with van der Waals surface area (Å²) < 4.78 is 0. The number of hydrogen-bond acceptors (Lipinski definition) is 7. The second-order valence-electron chi connectivity index (χ2n) is 6.35. The van der Waals surface area contributed by atoms with Crippen molar-refractivity contribution in [1.82, 2.24) is 20.2 Å². The van der Waals surface area contributed by atoms with Crippen LogP contribution < -0.4 is 10.6 Å². The van der Waals surface area contributed by atoms with Gasteiger partial charge in [0.1, 0.15) is 11.6 Å². The van der Waals surface area contributed by atoms with Crippen LogP contribution in [0.3, 0.4) is 0 Å². The van der Waals surface area contributed by atoms with Crippen LogP contribution in [0.1, 0.15) is 37.4 Å². The molecule has 26 heavy (non-hydrogen) atoms. The lowest BCUT2D eigenvalue weighted by Gasteiger charge is -2.15. The molecular formula is C18H22N6OS. The van der Waals surface area contributed by atoms with Crippen molar-refractivity contribution in [1.29, 1.82) is 5.26 Å². The van der Waals surface area contributed by atoms with Gasteiger partial charge in [-0.15, -0.1) is 0 Å². The number of likely N-dealkylation sites (tertiary alicyclic amines) is 1. The fraction of sp³-hybridized carbons (Fsp3) is 0.444. The first-order valence-electron chi connectivity index (χ1n) is 8.69. The number of allylic oxidation sites excluding steroid dienone is 2. The van der Waals surface area contributed by atoms with Gasteiger partial charge in [0, 0.05) is 37.9 Å². The van der Waals surface area contributed by atoms with Crippen molar-refractivity contribution in [2.75, 3.05) is 25.0 Å². The van der Waals surface area contributed by atoms with Gasteiger partial charge in [-0.1, -0.05) is 11.8 Å². The van der Waals surface area contributed by atoms with Crippen LogP contribution in [0.15, 0.2) is 22.3 Å². The number of thioether (sulfide) groups is 1. The molecule has 0 atom stereocenters. The number of carbonyl (C=O) groups is 1. The molecule has 2 aliphatic heterocycles. The first kappa shape index (κ1) is 18.3. The third kappa shape index (κ3) is 4.17. The van der Waals surface area contributed by atoms with Crippen molar-refractivity contribution < 1.29 is 4.79 Å². The second kappa shape index (κ2) is 8.23. The van der Waals surface area contributed by atoms with E-state index < -0.39 is 0 Å². The standard InChI is InChI=1S/C18H22N6OS/c1-12-10-21-18(20-6-4-8-24-7-3-5-15(24)25)23-16(12)14(9-19)17-22-13(2)11-26-17/h10-11,22H,3-8H2,1-2H3,(H,20,21,23). The summed E-state index contributed by atoms with van der Waals surface area (Å²) in [6.07, 6.45) is 4.20. The molecule has 1 fully saturated rings. The number of carbonyl (C=O) groups excluding carboxylic acids is 1. The Balaban J connectivity index is 1.64. The zero-order chi connectivity index (χ0) is 18.5. The Hall–Kier alpha value is -2.53. The molecular weight excluding hydrogens is 348 g/mol. The summed E-state index contributed by atoms with van der Waals surface area (Å²) in [5.41, 5.74) is 3.03. The summed E-state index contributed by atoms with van der Waals surface area (Å²) in [5.74, 6) is 0.744. The smallest absolute Gasteiger partial charge is 0.223 e. The van der Waals surface area contributed by atoms with Gasteiger partial charge in [0.2, 0.25) is 11.9 Å². The summed E-state index contributed by atoms with van der Waals surface area (Å²) in [4.78, 5) is 22.4. The zero-order valence-corrected chi connectivity index (χ0v) is 15.8. The van der Waals surface area contributed by atoms with Crippen LogP contribution in [-0.2, 0) is 4.79 Å². The van der Waals surface area contributed by atoms with Gasteiger partial charge in [-0.3, -0.25) is 4.79 Å². The average Bonchev–Trinajstić information content (AvgIpc) is 3.23. The van der Waals surface area contributed by atoms with E-state index in [1.165, 1.54) is 11.8 Å². The predicted molar refractivity (Wildman–Crippen MR) is 103 cm³/mol. The summed E-state index contributed by atoms with van der Waals surface area (Å²) in [5, 5.41) is 18.8. The van der Waals surface area contributed by atoms with Crippen molar-refractivity contribution in [2.45, 2.75) is 33.1 Å². The van der Waals surface area contributed by atoms with Crippen LogP contribution in [-0.4, -0.2) is 40.4 Å². The third-order valence-corrected chi connectivity index (χ3v) is 5.28. The summed E-state index contributed by atoms with van der Waals surface area (Å²) >= 11 is 1.49. The molecule has 1 saturated heterocycles. The lowest BCUT2D eigenvalue weighted by Crippen LogP contribution is -2.27. The van der Waals surface area contributed by atoms with Gasteiger partial charge in [0.15, 0.2) is 0 Å². The SMILES string of the molecule is CC1=CSC(=C(C#N)c2nc(NCCCN3CCCC3=O)ncc2C)N1. The number of anilines is 1. The van der Waals surface area contributed by atoms with Crippen molar-refractivity contribution in [2.24, 2.45) is 0 Å². The normalized spacial score (nSPS) is 18.4. The number of aromatic nitrogens is 2. The minimum absolute atomic E-state index is 0.245. The van der Waals surface area contributed by atoms with Crippen LogP contribution in [0.5, 0.6) is 0 Å². The van der Waals surface area contributed by atoms with Crippen LogP contribution in [0, 0.1) is 18.3 Å². The van der Waals surface area contributed by atoms with Crippen LogP contribution >= 0.6 is 11.8 Å². The highest BCUT2D eigenvalue weighted by atomic mass is 32.2. The van der Waals surface area contributed by atoms with E-state index in [0.717, 1.165) is 42.2 Å². The maximum absolute atomic E-state index is 11.6. The second-order valence-corrected chi connectivity index (χ2v) is 7.23. The number of nitrogens with zero attached hydrogens (tertiary/aromatic N) is 4.